The minimum atomic E-state index is -1.20. The maximum atomic E-state index is 11.7. The monoisotopic (exact) mass is 372 g/mol. The van der Waals surface area contributed by atoms with Crippen LogP contribution in [0.5, 0.6) is 0 Å². The van der Waals surface area contributed by atoms with Gasteiger partial charge in [-0.2, -0.15) is 0 Å². The van der Waals surface area contributed by atoms with E-state index in [1.54, 1.807) is 12.1 Å². The molecule has 0 saturated heterocycles. The molecule has 0 aliphatic rings. The zero-order valence-electron chi connectivity index (χ0n) is 15.0. The molecule has 0 aromatic heterocycles. The van der Waals surface area contributed by atoms with E-state index in [4.69, 9.17) is 0 Å². The molecule has 2 aromatic carbocycles. The number of nitrogens with zero attached hydrogens (tertiary/aromatic N) is 1. The van der Waals surface area contributed by atoms with Crippen LogP contribution in [0.1, 0.15) is 46.0 Å². The van der Waals surface area contributed by atoms with Crippen LogP contribution in [0.4, 0.5) is 17.1 Å². The molecule has 0 spiro atoms. The molecule has 0 aliphatic heterocycles. The Hall–Kier alpha value is -3.42. The van der Waals surface area contributed by atoms with E-state index < -0.39 is 16.9 Å². The lowest BCUT2D eigenvalue weighted by atomic mass is 9.98. The highest BCUT2D eigenvalue weighted by atomic mass is 16.6. The Morgan fingerprint density at radius 3 is 2.37 bits per heavy atom. The first-order valence-corrected chi connectivity index (χ1v) is 8.38. The largest absolute Gasteiger partial charge is 0.478 e. The van der Waals surface area contributed by atoms with Crippen LogP contribution in [-0.2, 0) is 11.2 Å². The third-order valence-corrected chi connectivity index (χ3v) is 4.06. The van der Waals surface area contributed by atoms with Crippen molar-refractivity contribution >= 4 is 29.0 Å². The van der Waals surface area contributed by atoms with Crippen molar-refractivity contribution in [3.63, 3.8) is 0 Å². The van der Waals surface area contributed by atoms with Gasteiger partial charge in [-0.05, 0) is 49.2 Å². The molecule has 0 heterocycles. The average molecular weight is 372 g/mol. The number of nitrogens with one attached hydrogen (secondary N) is 1. The van der Waals surface area contributed by atoms with Crippen LogP contribution in [0.2, 0.25) is 0 Å². The Morgan fingerprint density at radius 1 is 1.19 bits per heavy atom. The van der Waals surface area contributed by atoms with Crippen molar-refractivity contribution in [2.75, 3.05) is 12.4 Å². The van der Waals surface area contributed by atoms with Crippen molar-refractivity contribution in [2.24, 2.45) is 0 Å². The number of nitro benzene ring substituents is 1. The number of nitro groups is 1. The van der Waals surface area contributed by atoms with Gasteiger partial charge in [0.2, 0.25) is 0 Å². The number of carboxylic acids is 1. The summed E-state index contributed by atoms with van der Waals surface area (Å²) in [7, 11) is 1.28. The van der Waals surface area contributed by atoms with Crippen LogP contribution in [0.3, 0.4) is 0 Å². The molecule has 0 fully saturated rings. The second-order valence-electron chi connectivity index (χ2n) is 5.85. The first-order chi connectivity index (χ1) is 12.9. The van der Waals surface area contributed by atoms with Gasteiger partial charge in [-0.15, -0.1) is 0 Å². The van der Waals surface area contributed by atoms with E-state index in [0.29, 0.717) is 24.1 Å². The third-order valence-electron chi connectivity index (χ3n) is 4.06. The molecule has 27 heavy (non-hydrogen) atoms. The Kier molecular flexibility index (Phi) is 6.48. The van der Waals surface area contributed by atoms with E-state index in [9.17, 15) is 24.8 Å². The summed E-state index contributed by atoms with van der Waals surface area (Å²) >= 11 is 0. The lowest BCUT2D eigenvalue weighted by molar-refractivity contribution is -0.384. The smallest absolute Gasteiger partial charge is 0.337 e. The van der Waals surface area contributed by atoms with Gasteiger partial charge in [-0.3, -0.25) is 10.1 Å². The minimum absolute atomic E-state index is 0.0678. The van der Waals surface area contributed by atoms with E-state index >= 15 is 0 Å². The van der Waals surface area contributed by atoms with Gasteiger partial charge in [0.1, 0.15) is 5.69 Å². The molecule has 0 saturated carbocycles. The number of carbonyl (C=O) groups excluding carboxylic acids is 1. The molecule has 2 rings (SSSR count). The highest BCUT2D eigenvalue weighted by Crippen LogP contribution is 2.34. The number of hydrogen-bond acceptors (Lipinski definition) is 6. The van der Waals surface area contributed by atoms with E-state index in [-0.39, 0.29) is 22.5 Å². The molecule has 142 valence electrons. The summed E-state index contributed by atoms with van der Waals surface area (Å²) in [5, 5.41) is 24.0. The predicted molar refractivity (Wildman–Crippen MR) is 99.7 cm³/mol. The number of aromatic carboxylic acids is 1. The number of benzene rings is 2. The summed E-state index contributed by atoms with van der Waals surface area (Å²) in [5.41, 5.74) is 0.951. The van der Waals surface area contributed by atoms with Crippen LogP contribution >= 0.6 is 0 Å². The highest BCUT2D eigenvalue weighted by Gasteiger charge is 2.25. The van der Waals surface area contributed by atoms with E-state index in [1.807, 2.05) is 6.92 Å². The molecule has 8 heteroatoms. The molecule has 0 amide bonds. The van der Waals surface area contributed by atoms with Gasteiger partial charge in [0, 0.05) is 11.3 Å². The van der Waals surface area contributed by atoms with Crippen molar-refractivity contribution in [1.82, 2.24) is 0 Å². The topological polar surface area (TPSA) is 119 Å². The number of carboxylic acid groups (broad SMARTS) is 1. The van der Waals surface area contributed by atoms with Crippen molar-refractivity contribution < 1.29 is 24.4 Å². The van der Waals surface area contributed by atoms with Crippen LogP contribution < -0.4 is 5.32 Å². The second-order valence-corrected chi connectivity index (χ2v) is 5.85. The van der Waals surface area contributed by atoms with Gasteiger partial charge in [-0.1, -0.05) is 13.3 Å². The average Bonchev–Trinajstić information content (AvgIpc) is 2.65. The fourth-order valence-electron chi connectivity index (χ4n) is 2.72. The number of hydrogen-bond donors (Lipinski definition) is 2. The van der Waals surface area contributed by atoms with E-state index in [2.05, 4.69) is 10.1 Å². The Morgan fingerprint density at radius 2 is 1.85 bits per heavy atom. The van der Waals surface area contributed by atoms with Crippen molar-refractivity contribution in [1.29, 1.82) is 0 Å². The van der Waals surface area contributed by atoms with Crippen LogP contribution in [-0.4, -0.2) is 29.1 Å². The lowest BCUT2D eigenvalue weighted by Crippen LogP contribution is -2.09. The van der Waals surface area contributed by atoms with Gasteiger partial charge >= 0.3 is 11.9 Å². The summed E-state index contributed by atoms with van der Waals surface area (Å²) in [6.45, 7) is 1.93. The molecule has 2 N–H and O–H groups in total. The Labute approximate surface area is 155 Å². The Bertz CT molecular complexity index is 861. The van der Waals surface area contributed by atoms with Gasteiger partial charge in [-0.25, -0.2) is 9.59 Å². The molecule has 0 radical (unpaired) electrons. The number of anilines is 2. The van der Waals surface area contributed by atoms with E-state index in [1.165, 1.54) is 31.4 Å². The van der Waals surface area contributed by atoms with Gasteiger partial charge in [0.15, 0.2) is 0 Å². The maximum Gasteiger partial charge on any atom is 0.337 e. The number of carbonyl (C=O) groups is 2. The third kappa shape index (κ3) is 4.60. The summed E-state index contributed by atoms with van der Waals surface area (Å²) in [5.74, 6) is -1.68. The zero-order chi connectivity index (χ0) is 20.0. The zero-order valence-corrected chi connectivity index (χ0v) is 15.0. The van der Waals surface area contributed by atoms with Gasteiger partial charge < -0.3 is 15.2 Å². The fourth-order valence-corrected chi connectivity index (χ4v) is 2.72. The highest BCUT2D eigenvalue weighted by molar-refractivity contribution is 5.93. The summed E-state index contributed by atoms with van der Waals surface area (Å²) in [4.78, 5) is 34.1. The van der Waals surface area contributed by atoms with Gasteiger partial charge in [0.05, 0.1) is 23.2 Å². The standard InChI is InChI=1S/C19H20N2O6/c1-3-4-5-14-15(18(22)23)10-11-16(17(14)21(25)26)20-13-8-6-12(7-9-13)19(24)27-2/h6-11,20H,3-5H2,1-2H3,(H,22,23). The molecule has 8 nitrogen and oxygen atoms in total. The van der Waals surface area contributed by atoms with Gasteiger partial charge in [0.25, 0.3) is 5.69 Å². The molecule has 0 atom stereocenters. The van der Waals surface area contributed by atoms with Crippen molar-refractivity contribution in [2.45, 2.75) is 26.2 Å². The number of unbranched alkanes of at least 4 members (excludes halogenated alkanes) is 1. The normalized spacial score (nSPS) is 10.3. The SMILES string of the molecule is CCCCc1c(C(=O)O)ccc(Nc2ccc(C(=O)OC)cc2)c1[N+](=O)[O-]. The number of esters is 1. The maximum absolute atomic E-state index is 11.7. The van der Waals surface area contributed by atoms with Crippen molar-refractivity contribution in [3.8, 4) is 0 Å². The number of ether oxygens (including phenoxy) is 1. The molecular weight excluding hydrogens is 352 g/mol. The first-order valence-electron chi connectivity index (χ1n) is 8.38. The summed E-state index contributed by atoms with van der Waals surface area (Å²) in [6.07, 6.45) is 1.71. The Balaban J connectivity index is 2.45. The number of rotatable bonds is 8. The van der Waals surface area contributed by atoms with E-state index in [0.717, 1.165) is 6.42 Å². The van der Waals surface area contributed by atoms with Crippen LogP contribution in [0.15, 0.2) is 36.4 Å². The molecule has 0 unspecified atom stereocenters. The molecule has 0 aliphatic carbocycles. The lowest BCUT2D eigenvalue weighted by Gasteiger charge is -2.13. The predicted octanol–water partition coefficient (Wildman–Crippen LogP) is 4.17. The van der Waals surface area contributed by atoms with Crippen molar-refractivity contribution in [3.05, 3.63) is 63.2 Å². The summed E-state index contributed by atoms with van der Waals surface area (Å²) in [6, 6.07) is 8.99. The van der Waals surface area contributed by atoms with Crippen LogP contribution in [0.25, 0.3) is 0 Å². The van der Waals surface area contributed by atoms with Crippen LogP contribution in [0, 0.1) is 10.1 Å². The number of methoxy groups -OCH3 is 1. The fraction of sp³-hybridized carbons (Fsp3) is 0.263. The molecular formula is C19H20N2O6. The second kappa shape index (κ2) is 8.79. The quantitative estimate of drug-likeness (QED) is 0.405. The summed E-state index contributed by atoms with van der Waals surface area (Å²) < 4.78 is 4.63. The first kappa shape index (κ1) is 19.9. The molecule has 0 bridgehead atoms. The minimum Gasteiger partial charge on any atom is -0.478 e. The molecule has 2 aromatic rings.